The summed E-state index contributed by atoms with van der Waals surface area (Å²) < 4.78 is 5.93. The van der Waals surface area contributed by atoms with Crippen molar-refractivity contribution in [2.24, 2.45) is 10.4 Å². The molecule has 0 fully saturated rings. The summed E-state index contributed by atoms with van der Waals surface area (Å²) in [5, 5.41) is 9.07. The van der Waals surface area contributed by atoms with Gasteiger partial charge in [-0.3, -0.25) is 9.79 Å². The van der Waals surface area contributed by atoms with Crippen LogP contribution in [0.25, 0.3) is 0 Å². The molecule has 1 atom stereocenters. The molecule has 6 heteroatoms. The first-order valence-corrected chi connectivity index (χ1v) is 8.19. The number of guanidine groups is 1. The minimum Gasteiger partial charge on any atom is -0.489 e. The van der Waals surface area contributed by atoms with Crippen LogP contribution in [0.1, 0.15) is 26.3 Å². The molecule has 0 spiro atoms. The topological polar surface area (TPSA) is 74.8 Å². The fourth-order valence-corrected chi connectivity index (χ4v) is 2.13. The Labute approximate surface area is 145 Å². The van der Waals surface area contributed by atoms with Crippen LogP contribution in [-0.4, -0.2) is 45.2 Å². The molecule has 1 rings (SSSR count). The molecule has 0 heterocycles. The number of para-hydroxylation sites is 1. The average molecular weight is 334 g/mol. The average Bonchev–Trinajstić information content (AvgIpc) is 2.56. The van der Waals surface area contributed by atoms with Gasteiger partial charge in [0.05, 0.1) is 12.0 Å². The summed E-state index contributed by atoms with van der Waals surface area (Å²) in [6, 6.07) is 7.94. The Balaban J connectivity index is 2.46. The van der Waals surface area contributed by atoms with Crippen LogP contribution in [0.15, 0.2) is 29.3 Å². The van der Waals surface area contributed by atoms with Gasteiger partial charge in [-0.05, 0) is 39.3 Å². The number of amides is 1. The van der Waals surface area contributed by atoms with Crippen molar-refractivity contribution in [2.45, 2.75) is 33.8 Å². The van der Waals surface area contributed by atoms with E-state index in [4.69, 9.17) is 4.74 Å². The first-order valence-electron chi connectivity index (χ1n) is 8.19. The smallest absolute Gasteiger partial charge is 0.227 e. The monoisotopic (exact) mass is 334 g/mol. The molecule has 0 radical (unpaired) electrons. The Bertz CT molecular complexity index is 570. The zero-order valence-electron chi connectivity index (χ0n) is 15.6. The Morgan fingerprint density at radius 2 is 1.96 bits per heavy atom. The molecule has 0 saturated heterocycles. The van der Waals surface area contributed by atoms with Crippen LogP contribution in [0.3, 0.4) is 0 Å². The molecule has 0 saturated carbocycles. The molecule has 0 aliphatic heterocycles. The number of ether oxygens (including phenoxy) is 1. The number of aryl methyl sites for hydroxylation is 1. The number of hydrogen-bond acceptors (Lipinski definition) is 3. The van der Waals surface area contributed by atoms with Gasteiger partial charge in [-0.25, -0.2) is 0 Å². The predicted molar refractivity (Wildman–Crippen MR) is 98.5 cm³/mol. The van der Waals surface area contributed by atoms with E-state index < -0.39 is 5.41 Å². The van der Waals surface area contributed by atoms with Gasteiger partial charge in [-0.15, -0.1) is 0 Å². The third-order valence-electron chi connectivity index (χ3n) is 3.74. The van der Waals surface area contributed by atoms with Gasteiger partial charge < -0.3 is 20.7 Å². The lowest BCUT2D eigenvalue weighted by atomic mass is 9.92. The molecule has 1 aromatic rings. The zero-order valence-corrected chi connectivity index (χ0v) is 15.6. The standard InChI is InChI=1S/C18H30N4O2/c1-13-9-7-8-10-15(13)24-14(2)11-21-17(20-6)22-12-18(3,4)16(23)19-5/h7-10,14H,11-12H2,1-6H3,(H,19,23)(H2,20,21,22). The van der Waals surface area contributed by atoms with Gasteiger partial charge in [-0.1, -0.05) is 18.2 Å². The Hall–Kier alpha value is -2.24. The summed E-state index contributed by atoms with van der Waals surface area (Å²) in [5.41, 5.74) is 0.592. The minimum atomic E-state index is -0.518. The molecule has 0 bridgehead atoms. The van der Waals surface area contributed by atoms with E-state index in [9.17, 15) is 4.79 Å². The van der Waals surface area contributed by atoms with Crippen LogP contribution in [-0.2, 0) is 4.79 Å². The van der Waals surface area contributed by atoms with E-state index in [-0.39, 0.29) is 12.0 Å². The van der Waals surface area contributed by atoms with Crippen molar-refractivity contribution in [3.8, 4) is 5.75 Å². The molecular weight excluding hydrogens is 304 g/mol. The number of nitrogens with one attached hydrogen (secondary N) is 3. The Morgan fingerprint density at radius 3 is 2.54 bits per heavy atom. The number of rotatable bonds is 7. The van der Waals surface area contributed by atoms with E-state index in [1.54, 1.807) is 14.1 Å². The van der Waals surface area contributed by atoms with Crippen LogP contribution in [0.2, 0.25) is 0 Å². The third-order valence-corrected chi connectivity index (χ3v) is 3.74. The van der Waals surface area contributed by atoms with Crippen LogP contribution < -0.4 is 20.7 Å². The lowest BCUT2D eigenvalue weighted by molar-refractivity contribution is -0.128. The van der Waals surface area contributed by atoms with Gasteiger partial charge in [0.2, 0.25) is 5.91 Å². The second-order valence-corrected chi connectivity index (χ2v) is 6.46. The van der Waals surface area contributed by atoms with Crippen LogP contribution >= 0.6 is 0 Å². The van der Waals surface area contributed by atoms with Crippen molar-refractivity contribution in [3.63, 3.8) is 0 Å². The number of aliphatic imine (C=N–C) groups is 1. The fourth-order valence-electron chi connectivity index (χ4n) is 2.13. The minimum absolute atomic E-state index is 0.0123. The Morgan fingerprint density at radius 1 is 1.29 bits per heavy atom. The molecule has 0 aromatic heterocycles. The first-order chi connectivity index (χ1) is 11.3. The highest BCUT2D eigenvalue weighted by molar-refractivity contribution is 5.84. The van der Waals surface area contributed by atoms with E-state index in [1.807, 2.05) is 52.0 Å². The molecule has 1 aromatic carbocycles. The summed E-state index contributed by atoms with van der Waals surface area (Å²) >= 11 is 0. The number of carbonyl (C=O) groups is 1. The maximum absolute atomic E-state index is 11.8. The number of benzene rings is 1. The van der Waals surface area contributed by atoms with Gasteiger partial charge in [0.25, 0.3) is 0 Å². The van der Waals surface area contributed by atoms with Crippen LogP contribution in [0, 0.1) is 12.3 Å². The molecule has 0 aliphatic rings. The SMILES string of the molecule is CN=C(NCC(C)Oc1ccccc1C)NCC(C)(C)C(=O)NC. The third kappa shape index (κ3) is 6.10. The van der Waals surface area contributed by atoms with Crippen molar-refractivity contribution in [3.05, 3.63) is 29.8 Å². The van der Waals surface area contributed by atoms with E-state index in [0.717, 1.165) is 11.3 Å². The van der Waals surface area contributed by atoms with Crippen molar-refractivity contribution in [1.82, 2.24) is 16.0 Å². The number of carbonyl (C=O) groups excluding carboxylic acids is 1. The van der Waals surface area contributed by atoms with Gasteiger partial charge in [0, 0.05) is 20.6 Å². The molecule has 1 amide bonds. The summed E-state index contributed by atoms with van der Waals surface area (Å²) in [7, 11) is 3.34. The van der Waals surface area contributed by atoms with Crippen molar-refractivity contribution in [1.29, 1.82) is 0 Å². The highest BCUT2D eigenvalue weighted by atomic mass is 16.5. The van der Waals surface area contributed by atoms with E-state index in [2.05, 4.69) is 20.9 Å². The zero-order chi connectivity index (χ0) is 18.2. The highest BCUT2D eigenvalue weighted by Gasteiger charge is 2.26. The second-order valence-electron chi connectivity index (χ2n) is 6.46. The lowest BCUT2D eigenvalue weighted by Crippen LogP contribution is -2.48. The van der Waals surface area contributed by atoms with Crippen LogP contribution in [0.5, 0.6) is 5.75 Å². The van der Waals surface area contributed by atoms with Gasteiger partial charge >= 0.3 is 0 Å². The van der Waals surface area contributed by atoms with Crippen molar-refractivity contribution in [2.75, 3.05) is 27.2 Å². The summed E-state index contributed by atoms with van der Waals surface area (Å²) in [6.07, 6.45) is -0.0170. The number of nitrogens with zero attached hydrogens (tertiary/aromatic N) is 1. The van der Waals surface area contributed by atoms with Gasteiger partial charge in [-0.2, -0.15) is 0 Å². The maximum Gasteiger partial charge on any atom is 0.227 e. The van der Waals surface area contributed by atoms with Gasteiger partial charge in [0.1, 0.15) is 11.9 Å². The molecule has 134 valence electrons. The molecule has 3 N–H and O–H groups in total. The van der Waals surface area contributed by atoms with E-state index >= 15 is 0 Å². The first kappa shape index (κ1) is 19.8. The van der Waals surface area contributed by atoms with Gasteiger partial charge in [0.15, 0.2) is 5.96 Å². The summed E-state index contributed by atoms with van der Waals surface area (Å²) in [6.45, 7) is 8.89. The summed E-state index contributed by atoms with van der Waals surface area (Å²) in [4.78, 5) is 16.0. The number of hydrogen-bond donors (Lipinski definition) is 3. The molecule has 1 unspecified atom stereocenters. The van der Waals surface area contributed by atoms with E-state index in [0.29, 0.717) is 19.0 Å². The molecule has 6 nitrogen and oxygen atoms in total. The molecule has 24 heavy (non-hydrogen) atoms. The summed E-state index contributed by atoms with van der Waals surface area (Å²) in [5.74, 6) is 1.52. The molecule has 0 aliphatic carbocycles. The van der Waals surface area contributed by atoms with E-state index in [1.165, 1.54) is 0 Å². The quantitative estimate of drug-likeness (QED) is 0.524. The highest BCUT2D eigenvalue weighted by Crippen LogP contribution is 2.17. The molecular formula is C18H30N4O2. The maximum atomic E-state index is 11.8. The largest absolute Gasteiger partial charge is 0.489 e. The fraction of sp³-hybridized carbons (Fsp3) is 0.556. The van der Waals surface area contributed by atoms with Crippen LogP contribution in [0.4, 0.5) is 0 Å². The Kier molecular flexibility index (Phi) is 7.55. The normalized spacial score (nSPS) is 13.2. The lowest BCUT2D eigenvalue weighted by Gasteiger charge is -2.25. The van der Waals surface area contributed by atoms with Crippen molar-refractivity contribution >= 4 is 11.9 Å². The van der Waals surface area contributed by atoms with Crippen molar-refractivity contribution < 1.29 is 9.53 Å². The second kappa shape index (κ2) is 9.15. The predicted octanol–water partition coefficient (Wildman–Crippen LogP) is 1.70.